The number of hydrogen-bond acceptors (Lipinski definition) is 5. The summed E-state index contributed by atoms with van der Waals surface area (Å²) in [5.74, 6) is -0.147. The Morgan fingerprint density at radius 1 is 1.06 bits per heavy atom. The zero-order chi connectivity index (χ0) is 22.0. The molecule has 4 rings (SSSR count). The molecule has 2 aromatic carbocycles. The van der Waals surface area contributed by atoms with E-state index in [1.54, 1.807) is 30.7 Å². The van der Waals surface area contributed by atoms with Gasteiger partial charge in [-0.25, -0.2) is 9.18 Å². The summed E-state index contributed by atoms with van der Waals surface area (Å²) in [6.07, 6.45) is 4.05. The molecule has 2 aromatic heterocycles. The SMILES string of the molecule is CCC(O)(CC)c1cc(F)cc(OCc2ccc3c(-c4ccoc4)cc(=O)oc3c2)c1. The molecule has 0 unspecified atom stereocenters. The quantitative estimate of drug-likeness (QED) is 0.382. The van der Waals surface area contributed by atoms with Crippen LogP contribution in [-0.2, 0) is 12.2 Å². The van der Waals surface area contributed by atoms with Gasteiger partial charge in [-0.2, -0.15) is 0 Å². The molecule has 0 fully saturated rings. The third kappa shape index (κ3) is 4.25. The van der Waals surface area contributed by atoms with Gasteiger partial charge >= 0.3 is 5.63 Å². The molecule has 6 heteroatoms. The fourth-order valence-electron chi connectivity index (χ4n) is 3.69. The van der Waals surface area contributed by atoms with Crippen LogP contribution in [0, 0.1) is 5.82 Å². The molecule has 0 atom stereocenters. The minimum Gasteiger partial charge on any atom is -0.489 e. The van der Waals surface area contributed by atoms with Crippen molar-refractivity contribution >= 4 is 11.0 Å². The van der Waals surface area contributed by atoms with E-state index in [-0.39, 0.29) is 6.61 Å². The Hall–Kier alpha value is -3.38. The largest absolute Gasteiger partial charge is 0.489 e. The molecule has 2 heterocycles. The van der Waals surface area contributed by atoms with Crippen molar-refractivity contribution in [1.29, 1.82) is 0 Å². The Labute approximate surface area is 178 Å². The van der Waals surface area contributed by atoms with Crippen molar-refractivity contribution < 1.29 is 23.1 Å². The van der Waals surface area contributed by atoms with Crippen molar-refractivity contribution in [2.24, 2.45) is 0 Å². The third-order valence-corrected chi connectivity index (χ3v) is 5.63. The topological polar surface area (TPSA) is 72.8 Å². The van der Waals surface area contributed by atoms with Gasteiger partial charge in [0.15, 0.2) is 0 Å². The minimum atomic E-state index is -1.10. The molecule has 4 aromatic rings. The normalized spacial score (nSPS) is 11.7. The number of fused-ring (bicyclic) bond motifs is 1. The summed E-state index contributed by atoms with van der Waals surface area (Å²) in [5, 5.41) is 11.5. The van der Waals surface area contributed by atoms with Crippen LogP contribution in [-0.4, -0.2) is 5.11 Å². The first-order valence-corrected chi connectivity index (χ1v) is 10.2. The Kier molecular flexibility index (Phi) is 5.65. The predicted octanol–water partition coefficient (Wildman–Crippen LogP) is 5.78. The molecule has 31 heavy (non-hydrogen) atoms. The van der Waals surface area contributed by atoms with Gasteiger partial charge in [0.05, 0.1) is 18.1 Å². The van der Waals surface area contributed by atoms with Crippen LogP contribution in [0.1, 0.15) is 37.8 Å². The molecule has 0 aliphatic heterocycles. The molecule has 0 saturated carbocycles. The summed E-state index contributed by atoms with van der Waals surface area (Å²) in [6.45, 7) is 3.86. The molecular weight excluding hydrogens is 399 g/mol. The molecule has 0 amide bonds. The summed E-state index contributed by atoms with van der Waals surface area (Å²) < 4.78 is 30.4. The molecule has 160 valence electrons. The van der Waals surface area contributed by atoms with Gasteiger partial charge in [-0.15, -0.1) is 0 Å². The van der Waals surface area contributed by atoms with Crippen molar-refractivity contribution in [1.82, 2.24) is 0 Å². The highest BCUT2D eigenvalue weighted by atomic mass is 19.1. The lowest BCUT2D eigenvalue weighted by atomic mass is 9.88. The molecule has 1 N–H and O–H groups in total. The van der Waals surface area contributed by atoms with Crippen LogP contribution >= 0.6 is 0 Å². The first kappa shape index (κ1) is 20.9. The van der Waals surface area contributed by atoms with Crippen LogP contribution in [0.3, 0.4) is 0 Å². The maximum Gasteiger partial charge on any atom is 0.336 e. The second-order valence-corrected chi connectivity index (χ2v) is 7.52. The predicted molar refractivity (Wildman–Crippen MR) is 115 cm³/mol. The molecular formula is C25H23FO5. The van der Waals surface area contributed by atoms with Crippen molar-refractivity contribution in [3.8, 4) is 16.9 Å². The Bertz CT molecular complexity index is 1250. The van der Waals surface area contributed by atoms with Gasteiger partial charge in [-0.05, 0) is 48.2 Å². The molecule has 0 radical (unpaired) electrons. The monoisotopic (exact) mass is 422 g/mol. The summed E-state index contributed by atoms with van der Waals surface area (Å²) in [7, 11) is 0. The summed E-state index contributed by atoms with van der Waals surface area (Å²) in [4.78, 5) is 12.0. The number of furan rings is 1. The van der Waals surface area contributed by atoms with Gasteiger partial charge < -0.3 is 18.7 Å². The first-order chi connectivity index (χ1) is 14.9. The van der Waals surface area contributed by atoms with E-state index in [9.17, 15) is 14.3 Å². The standard InChI is InChI=1S/C25H23FO5/c1-3-25(28,4-2)18-10-19(26)12-20(11-18)30-14-16-5-6-21-22(17-7-8-29-15-17)13-24(27)31-23(21)9-16/h5-13,15,28H,3-4,14H2,1-2H3. The van der Waals surface area contributed by atoms with E-state index in [0.717, 1.165) is 22.1 Å². The van der Waals surface area contributed by atoms with E-state index in [2.05, 4.69) is 0 Å². The van der Waals surface area contributed by atoms with Crippen LogP contribution in [0.15, 0.2) is 74.7 Å². The van der Waals surface area contributed by atoms with E-state index in [1.165, 1.54) is 18.2 Å². The first-order valence-electron chi connectivity index (χ1n) is 10.2. The summed E-state index contributed by atoms with van der Waals surface area (Å²) in [6, 6.07) is 12.9. The van der Waals surface area contributed by atoms with Gasteiger partial charge in [0, 0.05) is 28.6 Å². The lowest BCUT2D eigenvalue weighted by molar-refractivity contribution is 0.0278. The van der Waals surface area contributed by atoms with Crippen LogP contribution in [0.2, 0.25) is 0 Å². The molecule has 0 saturated heterocycles. The summed E-state index contributed by atoms with van der Waals surface area (Å²) >= 11 is 0. The average molecular weight is 422 g/mol. The number of halogens is 1. The number of ether oxygens (including phenoxy) is 1. The number of rotatable bonds is 7. The lowest BCUT2D eigenvalue weighted by Gasteiger charge is -2.26. The van der Waals surface area contributed by atoms with Crippen molar-refractivity contribution in [3.63, 3.8) is 0 Å². The smallest absolute Gasteiger partial charge is 0.336 e. The third-order valence-electron chi connectivity index (χ3n) is 5.63. The Morgan fingerprint density at radius 2 is 1.87 bits per heavy atom. The average Bonchev–Trinajstić information content (AvgIpc) is 3.30. The minimum absolute atomic E-state index is 0.148. The van der Waals surface area contributed by atoms with E-state index < -0.39 is 17.0 Å². The molecule has 0 bridgehead atoms. The van der Waals surface area contributed by atoms with Gasteiger partial charge in [-0.3, -0.25) is 0 Å². The van der Waals surface area contributed by atoms with Crippen molar-refractivity contribution in [2.75, 3.05) is 0 Å². The number of hydrogen-bond donors (Lipinski definition) is 1. The number of benzene rings is 2. The van der Waals surface area contributed by atoms with Crippen LogP contribution in [0.25, 0.3) is 22.1 Å². The molecule has 0 aliphatic rings. The maximum absolute atomic E-state index is 14.1. The maximum atomic E-state index is 14.1. The van der Waals surface area contributed by atoms with Crippen molar-refractivity contribution in [3.05, 3.63) is 88.4 Å². The van der Waals surface area contributed by atoms with E-state index in [4.69, 9.17) is 13.6 Å². The second-order valence-electron chi connectivity index (χ2n) is 7.52. The van der Waals surface area contributed by atoms with E-state index in [0.29, 0.717) is 29.7 Å². The van der Waals surface area contributed by atoms with Gasteiger partial charge in [-0.1, -0.05) is 26.0 Å². The zero-order valence-corrected chi connectivity index (χ0v) is 17.4. The Morgan fingerprint density at radius 3 is 2.58 bits per heavy atom. The zero-order valence-electron chi connectivity index (χ0n) is 17.4. The van der Waals surface area contributed by atoms with Gasteiger partial charge in [0.1, 0.15) is 23.8 Å². The summed E-state index contributed by atoms with van der Waals surface area (Å²) in [5.41, 5.74) is 1.62. The Balaban J connectivity index is 1.62. The number of aliphatic hydroxyl groups is 1. The highest BCUT2D eigenvalue weighted by molar-refractivity contribution is 5.93. The molecule has 5 nitrogen and oxygen atoms in total. The molecule has 0 aliphatic carbocycles. The fourth-order valence-corrected chi connectivity index (χ4v) is 3.69. The van der Waals surface area contributed by atoms with Crippen LogP contribution < -0.4 is 10.4 Å². The van der Waals surface area contributed by atoms with E-state index in [1.807, 2.05) is 26.0 Å². The highest BCUT2D eigenvalue weighted by Crippen LogP contribution is 2.32. The fraction of sp³-hybridized carbons (Fsp3) is 0.240. The second kappa shape index (κ2) is 8.40. The van der Waals surface area contributed by atoms with Gasteiger partial charge in [0.2, 0.25) is 0 Å². The van der Waals surface area contributed by atoms with E-state index >= 15 is 0 Å². The van der Waals surface area contributed by atoms with Crippen molar-refractivity contribution in [2.45, 2.75) is 38.9 Å². The molecule has 0 spiro atoms. The van der Waals surface area contributed by atoms with Crippen LogP contribution in [0.4, 0.5) is 4.39 Å². The van der Waals surface area contributed by atoms with Gasteiger partial charge in [0.25, 0.3) is 0 Å². The van der Waals surface area contributed by atoms with Crippen LogP contribution in [0.5, 0.6) is 5.75 Å². The lowest BCUT2D eigenvalue weighted by Crippen LogP contribution is -2.23. The highest BCUT2D eigenvalue weighted by Gasteiger charge is 2.26.